The van der Waals surface area contributed by atoms with E-state index < -0.39 is 22.0 Å². The highest BCUT2D eigenvalue weighted by molar-refractivity contribution is 7.89. The molecule has 0 unspecified atom stereocenters. The van der Waals surface area contributed by atoms with E-state index in [0.717, 1.165) is 17.4 Å². The van der Waals surface area contributed by atoms with Gasteiger partial charge in [0.25, 0.3) is 0 Å². The Kier molecular flexibility index (Phi) is 5.11. The minimum Gasteiger partial charge on any atom is -0.303 e. The van der Waals surface area contributed by atoms with E-state index in [9.17, 15) is 13.2 Å². The smallest absolute Gasteiger partial charge is 0.241 e. The van der Waals surface area contributed by atoms with Crippen molar-refractivity contribution >= 4 is 16.3 Å². The third kappa shape index (κ3) is 3.81. The summed E-state index contributed by atoms with van der Waals surface area (Å²) in [5.74, 6) is -0.470. The van der Waals surface area contributed by atoms with Crippen LogP contribution >= 0.6 is 0 Å². The number of nitrogens with one attached hydrogen (secondary N) is 1. The van der Waals surface area contributed by atoms with Crippen molar-refractivity contribution in [3.63, 3.8) is 0 Å². The second kappa shape index (κ2) is 6.85. The third-order valence-corrected chi connectivity index (χ3v) is 4.97. The van der Waals surface area contributed by atoms with Crippen molar-refractivity contribution in [2.75, 3.05) is 0 Å². The van der Waals surface area contributed by atoms with E-state index in [1.807, 2.05) is 37.3 Å². The molecule has 0 aromatic heterocycles. The first-order valence-electron chi connectivity index (χ1n) is 7.03. The molecule has 0 heterocycles. The predicted molar refractivity (Wildman–Crippen MR) is 85.9 cm³/mol. The van der Waals surface area contributed by atoms with E-state index in [1.54, 1.807) is 31.2 Å². The van der Waals surface area contributed by atoms with Crippen LogP contribution < -0.4 is 4.72 Å². The summed E-state index contributed by atoms with van der Waals surface area (Å²) in [6.45, 7) is 3.59. The first-order valence-corrected chi connectivity index (χ1v) is 8.51. The largest absolute Gasteiger partial charge is 0.303 e. The molecule has 2 aromatic rings. The topological polar surface area (TPSA) is 63.2 Å². The van der Waals surface area contributed by atoms with Gasteiger partial charge in [-0.25, -0.2) is 13.1 Å². The predicted octanol–water partition coefficient (Wildman–Crippen LogP) is 2.85. The van der Waals surface area contributed by atoms with Gasteiger partial charge in [0.05, 0.1) is 10.9 Å². The van der Waals surface area contributed by atoms with Gasteiger partial charge in [-0.05, 0) is 24.6 Å². The Bertz CT molecular complexity index is 724. The van der Waals surface area contributed by atoms with Crippen LogP contribution in [0.3, 0.4) is 0 Å². The number of carbonyl (C=O) groups excluding carboxylic acids is 1. The van der Waals surface area contributed by atoms with Crippen LogP contribution in [0.2, 0.25) is 0 Å². The van der Waals surface area contributed by atoms with Gasteiger partial charge in [0.15, 0.2) is 0 Å². The summed E-state index contributed by atoms with van der Waals surface area (Å²) in [6.07, 6.45) is 0.759. The molecule has 4 nitrogen and oxygen atoms in total. The number of rotatable bonds is 6. The summed E-state index contributed by atoms with van der Waals surface area (Å²) in [6, 6.07) is 15.1. The Morgan fingerprint density at radius 1 is 1.00 bits per heavy atom. The van der Waals surface area contributed by atoms with E-state index in [4.69, 9.17) is 0 Å². The first-order chi connectivity index (χ1) is 10.4. The number of hydrogen-bond acceptors (Lipinski definition) is 3. The van der Waals surface area contributed by atoms with E-state index >= 15 is 0 Å². The zero-order chi connectivity index (χ0) is 16.2. The van der Waals surface area contributed by atoms with Crippen LogP contribution in [0.25, 0.3) is 0 Å². The van der Waals surface area contributed by atoms with Gasteiger partial charge >= 0.3 is 0 Å². The Hall–Kier alpha value is -1.98. The molecule has 0 amide bonds. The normalized spacial score (nSPS) is 14.3. The molecule has 5 heteroatoms. The van der Waals surface area contributed by atoms with Crippen LogP contribution in [0.15, 0.2) is 59.5 Å². The van der Waals surface area contributed by atoms with Gasteiger partial charge in [-0.15, -0.1) is 0 Å². The van der Waals surface area contributed by atoms with Crippen molar-refractivity contribution in [3.05, 3.63) is 65.7 Å². The molecule has 0 aliphatic rings. The van der Waals surface area contributed by atoms with Crippen LogP contribution in [0, 0.1) is 12.8 Å². The van der Waals surface area contributed by atoms with Crippen molar-refractivity contribution in [2.24, 2.45) is 5.92 Å². The van der Waals surface area contributed by atoms with Crippen LogP contribution in [0.4, 0.5) is 0 Å². The number of hydrogen-bond donors (Lipinski definition) is 1. The number of sulfonamides is 1. The minimum atomic E-state index is -3.69. The number of aryl methyl sites for hydroxylation is 1. The molecule has 0 saturated heterocycles. The van der Waals surface area contributed by atoms with Gasteiger partial charge < -0.3 is 4.79 Å². The lowest BCUT2D eigenvalue weighted by molar-refractivity contribution is -0.111. The summed E-state index contributed by atoms with van der Waals surface area (Å²) >= 11 is 0. The van der Waals surface area contributed by atoms with E-state index in [1.165, 1.54) is 0 Å². The highest BCUT2D eigenvalue weighted by Crippen LogP contribution is 2.23. The molecule has 2 atom stereocenters. The maximum atomic E-state index is 12.5. The molecule has 0 radical (unpaired) electrons. The van der Waals surface area contributed by atoms with Crippen molar-refractivity contribution in [1.29, 1.82) is 0 Å². The molecule has 0 bridgehead atoms. The van der Waals surface area contributed by atoms with E-state index in [2.05, 4.69) is 4.72 Å². The Labute approximate surface area is 131 Å². The Morgan fingerprint density at radius 2 is 1.59 bits per heavy atom. The van der Waals surface area contributed by atoms with Crippen LogP contribution in [-0.2, 0) is 14.8 Å². The molecular formula is C17H19NO3S. The molecule has 2 rings (SSSR count). The average Bonchev–Trinajstić information content (AvgIpc) is 2.53. The summed E-state index contributed by atoms with van der Waals surface area (Å²) in [7, 11) is -3.69. The third-order valence-electron chi connectivity index (χ3n) is 3.51. The molecule has 1 N–H and O–H groups in total. The second-order valence-corrected chi connectivity index (χ2v) is 7.03. The van der Waals surface area contributed by atoms with Gasteiger partial charge in [-0.2, -0.15) is 0 Å². The van der Waals surface area contributed by atoms with Crippen molar-refractivity contribution in [1.82, 2.24) is 4.72 Å². The Balaban J connectivity index is 2.34. The van der Waals surface area contributed by atoms with Gasteiger partial charge in [0, 0.05) is 5.92 Å². The number of carbonyl (C=O) groups is 1. The zero-order valence-corrected chi connectivity index (χ0v) is 13.4. The minimum absolute atomic E-state index is 0.192. The standard InChI is InChI=1S/C17H19NO3S/c1-13-8-10-16(11-9-13)22(20,21)18-17(14(2)12-19)15-6-4-3-5-7-15/h3-12,14,17-18H,1-2H3/t14-,17-/m0/s1. The van der Waals surface area contributed by atoms with Crippen LogP contribution in [0.5, 0.6) is 0 Å². The van der Waals surface area contributed by atoms with E-state index in [0.29, 0.717) is 0 Å². The molecule has 0 saturated carbocycles. The summed E-state index contributed by atoms with van der Waals surface area (Å²) in [5, 5.41) is 0. The van der Waals surface area contributed by atoms with Crippen molar-refractivity contribution in [3.8, 4) is 0 Å². The maximum absolute atomic E-state index is 12.5. The molecule has 0 aliphatic carbocycles. The summed E-state index contributed by atoms with van der Waals surface area (Å²) in [5.41, 5.74) is 1.75. The SMILES string of the molecule is Cc1ccc(S(=O)(=O)N[C@H](c2ccccc2)[C@@H](C)C=O)cc1. The number of benzene rings is 2. The quantitative estimate of drug-likeness (QED) is 0.833. The van der Waals surface area contributed by atoms with Crippen LogP contribution in [0.1, 0.15) is 24.1 Å². The average molecular weight is 317 g/mol. The fourth-order valence-electron chi connectivity index (χ4n) is 2.17. The maximum Gasteiger partial charge on any atom is 0.241 e. The fourth-order valence-corrected chi connectivity index (χ4v) is 3.49. The lowest BCUT2D eigenvalue weighted by Gasteiger charge is -2.22. The monoisotopic (exact) mass is 317 g/mol. The lowest BCUT2D eigenvalue weighted by atomic mass is 9.97. The molecule has 0 spiro atoms. The highest BCUT2D eigenvalue weighted by Gasteiger charge is 2.25. The fraction of sp³-hybridized carbons (Fsp3) is 0.235. The van der Waals surface area contributed by atoms with Gasteiger partial charge in [0.2, 0.25) is 10.0 Å². The van der Waals surface area contributed by atoms with E-state index in [-0.39, 0.29) is 4.90 Å². The molecular weight excluding hydrogens is 298 g/mol. The molecule has 0 fully saturated rings. The second-order valence-electron chi connectivity index (χ2n) is 5.32. The van der Waals surface area contributed by atoms with Crippen LogP contribution in [-0.4, -0.2) is 14.7 Å². The molecule has 2 aromatic carbocycles. The molecule has 0 aliphatic heterocycles. The van der Waals surface area contributed by atoms with Gasteiger partial charge in [-0.1, -0.05) is 55.0 Å². The summed E-state index contributed by atoms with van der Waals surface area (Å²) < 4.78 is 27.7. The van der Waals surface area contributed by atoms with Crippen molar-refractivity contribution < 1.29 is 13.2 Å². The van der Waals surface area contributed by atoms with Crippen molar-refractivity contribution in [2.45, 2.75) is 24.8 Å². The Morgan fingerprint density at radius 3 is 2.14 bits per heavy atom. The van der Waals surface area contributed by atoms with Gasteiger partial charge in [-0.3, -0.25) is 0 Å². The van der Waals surface area contributed by atoms with Gasteiger partial charge in [0.1, 0.15) is 6.29 Å². The first kappa shape index (κ1) is 16.4. The highest BCUT2D eigenvalue weighted by atomic mass is 32.2. The molecule has 22 heavy (non-hydrogen) atoms. The zero-order valence-electron chi connectivity index (χ0n) is 12.6. The lowest BCUT2D eigenvalue weighted by Crippen LogP contribution is -2.33. The summed E-state index contributed by atoms with van der Waals surface area (Å²) in [4.78, 5) is 11.3. The number of aldehydes is 1. The molecule has 116 valence electrons.